The number of esters is 1. The maximum absolute atomic E-state index is 12.0. The second kappa shape index (κ2) is 4.79. The van der Waals surface area contributed by atoms with Crippen molar-refractivity contribution in [1.29, 1.82) is 0 Å². The van der Waals surface area contributed by atoms with Crippen LogP contribution in [0.25, 0.3) is 10.9 Å². The molecular weight excluding hydrogens is 236 g/mol. The maximum atomic E-state index is 12.0. The highest BCUT2D eigenvalue weighted by Gasteiger charge is 2.15. The Kier molecular flexibility index (Phi) is 3.18. The van der Waals surface area contributed by atoms with Crippen molar-refractivity contribution in [1.82, 2.24) is 4.98 Å². The topological polar surface area (TPSA) is 88.6 Å². The number of rotatable bonds is 3. The van der Waals surface area contributed by atoms with Gasteiger partial charge in [0.05, 0.1) is 12.1 Å². The highest BCUT2D eigenvalue weighted by Crippen LogP contribution is 2.21. The lowest BCUT2D eigenvalue weighted by molar-refractivity contribution is 0.0524. The van der Waals surface area contributed by atoms with Gasteiger partial charge in [0.25, 0.3) is 0 Å². The van der Waals surface area contributed by atoms with Crippen molar-refractivity contribution in [2.24, 2.45) is 5.18 Å². The Morgan fingerprint density at radius 3 is 2.89 bits per heavy atom. The summed E-state index contributed by atoms with van der Waals surface area (Å²) in [5.41, 5.74) is -0.134. The molecule has 2 rings (SSSR count). The summed E-state index contributed by atoms with van der Waals surface area (Å²) in [5.74, 6) is -0.690. The number of nitroso groups, excluding NO2 is 1. The van der Waals surface area contributed by atoms with Crippen LogP contribution in [0.4, 0.5) is 5.69 Å². The molecule has 0 aliphatic carbocycles. The maximum Gasteiger partial charge on any atom is 0.343 e. The molecule has 6 heteroatoms. The van der Waals surface area contributed by atoms with Gasteiger partial charge in [0.1, 0.15) is 11.3 Å². The SMILES string of the molecule is CCOC(=O)c1c[nH]c2c(N=O)cccc2c1=O. The van der Waals surface area contributed by atoms with Crippen molar-refractivity contribution >= 4 is 22.6 Å². The number of H-pyrrole nitrogens is 1. The average Bonchev–Trinajstić information content (AvgIpc) is 2.39. The highest BCUT2D eigenvalue weighted by molar-refractivity contribution is 5.96. The Balaban J connectivity index is 2.69. The number of para-hydroxylation sites is 1. The van der Waals surface area contributed by atoms with Crippen LogP contribution in [0.1, 0.15) is 17.3 Å². The van der Waals surface area contributed by atoms with E-state index < -0.39 is 11.4 Å². The predicted molar refractivity (Wildman–Crippen MR) is 66.0 cm³/mol. The highest BCUT2D eigenvalue weighted by atomic mass is 16.5. The van der Waals surface area contributed by atoms with Crippen LogP contribution in [0.15, 0.2) is 34.4 Å². The van der Waals surface area contributed by atoms with Crippen molar-refractivity contribution in [3.63, 3.8) is 0 Å². The lowest BCUT2D eigenvalue weighted by Gasteiger charge is -2.03. The molecule has 0 saturated heterocycles. The average molecular weight is 246 g/mol. The fourth-order valence-electron chi connectivity index (χ4n) is 1.67. The molecule has 6 nitrogen and oxygen atoms in total. The molecule has 0 radical (unpaired) electrons. The number of hydrogen-bond acceptors (Lipinski definition) is 5. The molecule has 0 aliphatic rings. The van der Waals surface area contributed by atoms with Gasteiger partial charge in [-0.2, -0.15) is 0 Å². The molecule has 0 aliphatic heterocycles. The number of aromatic amines is 1. The molecule has 0 fully saturated rings. The molecule has 1 aromatic heterocycles. The number of hydrogen-bond donors (Lipinski definition) is 1. The molecule has 2 aromatic rings. The van der Waals surface area contributed by atoms with Crippen LogP contribution >= 0.6 is 0 Å². The summed E-state index contributed by atoms with van der Waals surface area (Å²) in [5, 5.41) is 3.05. The van der Waals surface area contributed by atoms with Crippen molar-refractivity contribution in [3.8, 4) is 0 Å². The molecule has 1 aromatic carbocycles. The van der Waals surface area contributed by atoms with Crippen molar-refractivity contribution in [3.05, 3.63) is 45.1 Å². The molecular formula is C12H10N2O4. The Morgan fingerprint density at radius 1 is 1.44 bits per heavy atom. The summed E-state index contributed by atoms with van der Waals surface area (Å²) < 4.78 is 4.77. The number of ether oxygens (including phenoxy) is 1. The third-order valence-corrected chi connectivity index (χ3v) is 2.49. The van der Waals surface area contributed by atoms with Crippen molar-refractivity contribution < 1.29 is 9.53 Å². The Labute approximate surface area is 102 Å². The fourth-order valence-corrected chi connectivity index (χ4v) is 1.67. The number of nitrogens with zero attached hydrogens (tertiary/aromatic N) is 1. The fraction of sp³-hybridized carbons (Fsp3) is 0.167. The van der Waals surface area contributed by atoms with Gasteiger partial charge in [-0.3, -0.25) is 4.79 Å². The normalized spacial score (nSPS) is 10.3. The van der Waals surface area contributed by atoms with E-state index in [1.807, 2.05) is 0 Å². The standard InChI is InChI=1S/C12H10N2O4/c1-2-18-12(16)8-6-13-10-7(11(8)15)4-3-5-9(10)14-17/h3-6H,2H2,1H3,(H,13,15). The quantitative estimate of drug-likeness (QED) is 0.663. The van der Waals surface area contributed by atoms with Gasteiger partial charge in [-0.1, -0.05) is 6.07 Å². The molecule has 0 saturated carbocycles. The van der Waals surface area contributed by atoms with Crippen LogP contribution in [0.2, 0.25) is 0 Å². The summed E-state index contributed by atoms with van der Waals surface area (Å²) in [7, 11) is 0. The molecule has 18 heavy (non-hydrogen) atoms. The summed E-state index contributed by atoms with van der Waals surface area (Å²) in [6, 6.07) is 4.53. The summed E-state index contributed by atoms with van der Waals surface area (Å²) in [6.45, 7) is 1.84. The first-order chi connectivity index (χ1) is 8.69. The number of benzene rings is 1. The Morgan fingerprint density at radius 2 is 2.22 bits per heavy atom. The first-order valence-electron chi connectivity index (χ1n) is 5.34. The van der Waals surface area contributed by atoms with Crippen molar-refractivity contribution in [2.75, 3.05) is 6.61 Å². The zero-order valence-electron chi connectivity index (χ0n) is 9.60. The van der Waals surface area contributed by atoms with Crippen LogP contribution in [0.5, 0.6) is 0 Å². The lowest BCUT2D eigenvalue weighted by atomic mass is 10.1. The van der Waals surface area contributed by atoms with E-state index in [1.165, 1.54) is 24.4 Å². The van der Waals surface area contributed by atoms with Gasteiger partial charge in [-0.15, -0.1) is 4.91 Å². The molecule has 1 N–H and O–H groups in total. The first kappa shape index (κ1) is 12.0. The predicted octanol–water partition coefficient (Wildman–Crippen LogP) is 2.10. The van der Waals surface area contributed by atoms with E-state index in [0.717, 1.165) is 0 Å². The second-order valence-corrected chi connectivity index (χ2v) is 3.54. The van der Waals surface area contributed by atoms with E-state index in [-0.39, 0.29) is 23.2 Å². The molecule has 92 valence electrons. The molecule has 0 unspecified atom stereocenters. The van der Waals surface area contributed by atoms with Gasteiger partial charge >= 0.3 is 5.97 Å². The van der Waals surface area contributed by atoms with E-state index in [9.17, 15) is 14.5 Å². The third-order valence-electron chi connectivity index (χ3n) is 2.49. The molecule has 0 amide bonds. The summed E-state index contributed by atoms with van der Waals surface area (Å²) >= 11 is 0. The molecule has 1 heterocycles. The molecule has 0 spiro atoms. The summed E-state index contributed by atoms with van der Waals surface area (Å²) in [6.07, 6.45) is 1.23. The number of carbonyl (C=O) groups is 1. The molecule has 0 bridgehead atoms. The largest absolute Gasteiger partial charge is 0.462 e. The van der Waals surface area contributed by atoms with Gasteiger partial charge in [0, 0.05) is 11.6 Å². The van der Waals surface area contributed by atoms with Crippen LogP contribution in [-0.2, 0) is 4.74 Å². The first-order valence-corrected chi connectivity index (χ1v) is 5.34. The van der Waals surface area contributed by atoms with Crippen LogP contribution < -0.4 is 5.43 Å². The second-order valence-electron chi connectivity index (χ2n) is 3.54. The minimum Gasteiger partial charge on any atom is -0.462 e. The number of pyridine rings is 1. The minimum absolute atomic E-state index is 0.0904. The number of fused-ring (bicyclic) bond motifs is 1. The number of carbonyl (C=O) groups excluding carboxylic acids is 1. The molecule has 0 atom stereocenters. The van der Waals surface area contributed by atoms with E-state index in [0.29, 0.717) is 5.52 Å². The minimum atomic E-state index is -0.690. The number of nitrogens with one attached hydrogen (secondary N) is 1. The van der Waals surface area contributed by atoms with Gasteiger partial charge in [-0.25, -0.2) is 4.79 Å². The van der Waals surface area contributed by atoms with Gasteiger partial charge in [0.15, 0.2) is 0 Å². The third kappa shape index (κ3) is 1.88. The monoisotopic (exact) mass is 246 g/mol. The van der Waals surface area contributed by atoms with E-state index in [2.05, 4.69) is 10.2 Å². The Bertz CT molecular complexity index is 675. The van der Waals surface area contributed by atoms with E-state index in [4.69, 9.17) is 4.74 Å². The van der Waals surface area contributed by atoms with Crippen LogP contribution in [0, 0.1) is 4.91 Å². The van der Waals surface area contributed by atoms with E-state index >= 15 is 0 Å². The van der Waals surface area contributed by atoms with Crippen molar-refractivity contribution in [2.45, 2.75) is 6.92 Å². The zero-order valence-corrected chi connectivity index (χ0v) is 9.60. The Hall–Kier alpha value is -2.50. The summed E-state index contributed by atoms with van der Waals surface area (Å²) in [4.78, 5) is 36.9. The zero-order chi connectivity index (χ0) is 13.1. The number of aromatic nitrogens is 1. The smallest absolute Gasteiger partial charge is 0.343 e. The van der Waals surface area contributed by atoms with E-state index in [1.54, 1.807) is 6.92 Å². The van der Waals surface area contributed by atoms with Crippen LogP contribution in [-0.4, -0.2) is 17.6 Å². The van der Waals surface area contributed by atoms with Crippen LogP contribution in [0.3, 0.4) is 0 Å². The van der Waals surface area contributed by atoms with Gasteiger partial charge in [-0.05, 0) is 24.2 Å². The lowest BCUT2D eigenvalue weighted by Crippen LogP contribution is -2.18. The van der Waals surface area contributed by atoms with Gasteiger partial charge in [0.2, 0.25) is 5.43 Å². The van der Waals surface area contributed by atoms with Gasteiger partial charge < -0.3 is 9.72 Å².